The Morgan fingerprint density at radius 3 is 2.20 bits per heavy atom. The molecular weight excluding hydrogens is 160 g/mol. The highest BCUT2D eigenvalue weighted by atomic mass is 32.2. The highest BCUT2D eigenvalue weighted by Crippen LogP contribution is 2.25. The van der Waals surface area contributed by atoms with Gasteiger partial charge in [0.05, 0.1) is 0 Å². The van der Waals surface area contributed by atoms with Gasteiger partial charge in [0.2, 0.25) is 0 Å². The van der Waals surface area contributed by atoms with Crippen molar-refractivity contribution in [3.8, 4) is 6.07 Å². The third-order valence-electron chi connectivity index (χ3n) is 1.33. The van der Waals surface area contributed by atoms with Gasteiger partial charge in [0.1, 0.15) is 0 Å². The Balaban J connectivity index is 4.67. The Morgan fingerprint density at radius 1 is 1.70 bits per heavy atom. The Kier molecular flexibility index (Phi) is 2.49. The predicted molar refractivity (Wildman–Crippen MR) is 36.6 cm³/mol. The summed E-state index contributed by atoms with van der Waals surface area (Å²) in [6.07, 6.45) is 0.941. The minimum atomic E-state index is -3.65. The molecule has 0 aromatic carbocycles. The maximum Gasteiger partial charge on any atom is 0.386 e. The molecule has 10 heavy (non-hydrogen) atoms. The highest BCUT2D eigenvalue weighted by Gasteiger charge is 2.40. The number of nitrogens with zero attached hydrogens (tertiary/aromatic N) is 1. The van der Waals surface area contributed by atoms with E-state index in [2.05, 4.69) is 0 Å². The Hall–Kier alpha value is -0.500. The van der Waals surface area contributed by atoms with E-state index in [1.165, 1.54) is 6.92 Å². The number of nitriles is 1. The number of alkyl halides is 2. The zero-order chi connectivity index (χ0) is 8.41. The Morgan fingerprint density at radius 2 is 2.10 bits per heavy atom. The molecule has 0 aliphatic rings. The molecule has 0 unspecified atom stereocenters. The third kappa shape index (κ3) is 1.51. The lowest BCUT2D eigenvalue weighted by Gasteiger charge is -2.20. The molecule has 0 saturated heterocycles. The number of thiol groups is 1. The van der Waals surface area contributed by atoms with Crippen LogP contribution in [0.5, 0.6) is 0 Å². The number of halogens is 2. The van der Waals surface area contributed by atoms with E-state index in [9.17, 15) is 13.0 Å². The first-order valence-electron chi connectivity index (χ1n) is 2.73. The van der Waals surface area contributed by atoms with Crippen molar-refractivity contribution in [2.45, 2.75) is 12.2 Å². The van der Waals surface area contributed by atoms with Gasteiger partial charge in [0.25, 0.3) is 0 Å². The summed E-state index contributed by atoms with van der Waals surface area (Å²) in [4.78, 5) is 0. The molecule has 0 rings (SSSR count). The molecule has 0 spiro atoms. The second-order valence-electron chi connectivity index (χ2n) is 2.07. The van der Waals surface area contributed by atoms with Crippen LogP contribution in [0.15, 0.2) is 0 Å². The molecule has 0 aromatic rings. The fraction of sp³-hybridized carbons (Fsp3) is 0.800. The summed E-state index contributed by atoms with van der Waals surface area (Å²) in [6, 6.07) is 0.736. The molecule has 0 bridgehead atoms. The van der Waals surface area contributed by atoms with Crippen molar-refractivity contribution in [2.24, 2.45) is 0 Å². The SMILES string of the molecule is CC[SH](C)(=O)C(F)(F)C#N. The molecule has 0 N–H and O–H groups in total. The topological polar surface area (TPSA) is 40.9 Å². The molecule has 5 heteroatoms. The molecule has 0 aliphatic carbocycles. The Labute approximate surface area is 59.3 Å². The maximum absolute atomic E-state index is 12.3. The average molecular weight is 169 g/mol. The zero-order valence-electron chi connectivity index (χ0n) is 5.77. The van der Waals surface area contributed by atoms with Gasteiger partial charge < -0.3 is 0 Å². The van der Waals surface area contributed by atoms with E-state index in [0.717, 1.165) is 12.3 Å². The second-order valence-corrected chi connectivity index (χ2v) is 5.47. The lowest BCUT2D eigenvalue weighted by molar-refractivity contribution is 0.160. The molecule has 2 nitrogen and oxygen atoms in total. The summed E-state index contributed by atoms with van der Waals surface area (Å²) >= 11 is 0. The first-order chi connectivity index (χ1) is 4.37. The van der Waals surface area contributed by atoms with Crippen LogP contribution >= 0.6 is 0 Å². The van der Waals surface area contributed by atoms with Crippen LogP contribution in [0.2, 0.25) is 0 Å². The number of rotatable bonds is 2. The minimum absolute atomic E-state index is 0.145. The van der Waals surface area contributed by atoms with Gasteiger partial charge in [-0.2, -0.15) is 14.0 Å². The van der Waals surface area contributed by atoms with Crippen molar-refractivity contribution >= 4 is 9.93 Å². The summed E-state index contributed by atoms with van der Waals surface area (Å²) in [5.41, 5.74) is 0. The summed E-state index contributed by atoms with van der Waals surface area (Å²) in [5, 5.41) is 4.24. The summed E-state index contributed by atoms with van der Waals surface area (Å²) in [6.45, 7) is 1.38. The molecule has 0 aliphatic heterocycles. The highest BCUT2D eigenvalue weighted by molar-refractivity contribution is 8.03. The van der Waals surface area contributed by atoms with E-state index < -0.39 is 15.2 Å². The average Bonchev–Trinajstić information content (AvgIpc) is 1.88. The molecule has 60 valence electrons. The molecule has 0 atom stereocenters. The van der Waals surface area contributed by atoms with E-state index in [4.69, 9.17) is 5.26 Å². The molecular formula is C5H9F2NOS. The standard InChI is InChI=1S/C5H9F2NOS/c1-3-10(2,9)5(6,7)4-8/h10H,3H2,1-2H3. The van der Waals surface area contributed by atoms with Gasteiger partial charge in [-0.25, -0.2) is 0 Å². The van der Waals surface area contributed by atoms with E-state index in [-0.39, 0.29) is 5.75 Å². The fourth-order valence-corrected chi connectivity index (χ4v) is 0.913. The predicted octanol–water partition coefficient (Wildman–Crippen LogP) is 0.769. The van der Waals surface area contributed by atoms with Crippen molar-refractivity contribution in [1.29, 1.82) is 5.26 Å². The lowest BCUT2D eigenvalue weighted by Crippen LogP contribution is -2.34. The number of hydrogen-bond acceptors (Lipinski definition) is 2. The quantitative estimate of drug-likeness (QED) is 0.620. The molecule has 0 amide bonds. The van der Waals surface area contributed by atoms with Crippen LogP contribution in [0.4, 0.5) is 8.78 Å². The van der Waals surface area contributed by atoms with Crippen LogP contribution in [0, 0.1) is 11.3 Å². The minimum Gasteiger partial charge on any atom is -0.279 e. The van der Waals surface area contributed by atoms with Crippen molar-refractivity contribution in [2.75, 3.05) is 12.0 Å². The summed E-state index contributed by atoms with van der Waals surface area (Å²) in [7, 11) is -3.57. The van der Waals surface area contributed by atoms with Crippen LogP contribution < -0.4 is 0 Å². The van der Waals surface area contributed by atoms with Gasteiger partial charge in [-0.05, 0) is 16.2 Å². The van der Waals surface area contributed by atoms with E-state index >= 15 is 0 Å². The van der Waals surface area contributed by atoms with Gasteiger partial charge >= 0.3 is 5.25 Å². The van der Waals surface area contributed by atoms with Crippen molar-refractivity contribution in [1.82, 2.24) is 0 Å². The van der Waals surface area contributed by atoms with Crippen LogP contribution in [0.3, 0.4) is 0 Å². The van der Waals surface area contributed by atoms with E-state index in [0.29, 0.717) is 0 Å². The van der Waals surface area contributed by atoms with E-state index in [1.54, 1.807) is 0 Å². The lowest BCUT2D eigenvalue weighted by atomic mass is 10.8. The number of hydrogen-bond donors (Lipinski definition) is 1. The largest absolute Gasteiger partial charge is 0.386 e. The zero-order valence-corrected chi connectivity index (χ0v) is 6.66. The smallest absolute Gasteiger partial charge is 0.279 e. The third-order valence-corrected chi connectivity index (χ3v) is 3.83. The molecule has 0 radical (unpaired) electrons. The van der Waals surface area contributed by atoms with Gasteiger partial charge in [0.15, 0.2) is 6.07 Å². The van der Waals surface area contributed by atoms with Crippen LogP contribution in [-0.2, 0) is 9.93 Å². The van der Waals surface area contributed by atoms with Crippen molar-refractivity contribution in [3.63, 3.8) is 0 Å². The first kappa shape index (κ1) is 9.50. The fourth-order valence-electron chi connectivity index (χ4n) is 0.304. The molecule has 0 fully saturated rings. The van der Waals surface area contributed by atoms with Gasteiger partial charge in [0, 0.05) is 5.75 Å². The van der Waals surface area contributed by atoms with Gasteiger partial charge in [-0.3, -0.25) is 4.21 Å². The molecule has 0 saturated carbocycles. The van der Waals surface area contributed by atoms with Crippen LogP contribution in [-0.4, -0.2) is 21.5 Å². The molecule has 0 aromatic heterocycles. The van der Waals surface area contributed by atoms with Gasteiger partial charge in [-0.15, -0.1) is 0 Å². The van der Waals surface area contributed by atoms with Crippen LogP contribution in [0.1, 0.15) is 6.92 Å². The summed E-state index contributed by atoms with van der Waals surface area (Å²) < 4.78 is 35.5. The van der Waals surface area contributed by atoms with Gasteiger partial charge in [-0.1, -0.05) is 6.92 Å². The monoisotopic (exact) mass is 169 g/mol. The van der Waals surface area contributed by atoms with Crippen molar-refractivity contribution in [3.05, 3.63) is 0 Å². The Bertz CT molecular complexity index is 208. The van der Waals surface area contributed by atoms with Crippen LogP contribution in [0.25, 0.3) is 0 Å². The normalized spacial score (nSPS) is 14.3. The first-order valence-corrected chi connectivity index (χ1v) is 5.07. The summed E-state index contributed by atoms with van der Waals surface area (Å²) in [5.74, 6) is -0.145. The van der Waals surface area contributed by atoms with E-state index in [1.807, 2.05) is 0 Å². The van der Waals surface area contributed by atoms with Crippen molar-refractivity contribution < 1.29 is 13.0 Å². The maximum atomic E-state index is 12.3. The second kappa shape index (κ2) is 2.62. The molecule has 0 heterocycles.